The third-order valence-electron chi connectivity index (χ3n) is 5.93. The average molecular weight is 388 g/mol. The molecule has 0 aromatic heterocycles. The van der Waals surface area contributed by atoms with Crippen molar-refractivity contribution in [1.82, 2.24) is 15.1 Å². The Hall–Kier alpha value is -1.34. The summed E-state index contributed by atoms with van der Waals surface area (Å²) in [4.78, 5) is 39.1. The van der Waals surface area contributed by atoms with Crippen LogP contribution < -0.4 is 5.32 Å². The lowest BCUT2D eigenvalue weighted by molar-refractivity contribution is -0.143. The van der Waals surface area contributed by atoms with Crippen LogP contribution in [0.5, 0.6) is 0 Å². The van der Waals surface area contributed by atoms with E-state index in [-0.39, 0.29) is 36.8 Å². The first-order valence-electron chi connectivity index (χ1n) is 9.59. The Morgan fingerprint density at radius 1 is 1.19 bits per heavy atom. The molecule has 148 valence electrons. The Kier molecular flexibility index (Phi) is 7.70. The molecular formula is C18H30ClN3O4. The first-order valence-corrected chi connectivity index (χ1v) is 9.59. The number of aliphatic carboxylic acids is 1. The normalized spacial score (nSPS) is 28.5. The maximum absolute atomic E-state index is 12.3. The molecule has 2 aliphatic heterocycles. The molecule has 8 heteroatoms. The summed E-state index contributed by atoms with van der Waals surface area (Å²) in [7, 11) is 0. The molecule has 0 bridgehead atoms. The van der Waals surface area contributed by atoms with Gasteiger partial charge in [-0.15, -0.1) is 12.4 Å². The van der Waals surface area contributed by atoms with E-state index in [1.807, 2.05) is 9.80 Å². The highest BCUT2D eigenvalue weighted by Gasteiger charge is 2.45. The standard InChI is InChI=1S/C18H29N3O4.ClH/c22-16(19-8-4-10-20-9-3-7-17(20)23)12-21-14-6-2-1-5-13(14)11-15(21)18(24)25;/h13-15H,1-12H2,(H,19,22)(H,24,25);1H. The summed E-state index contributed by atoms with van der Waals surface area (Å²) in [6.07, 6.45) is 7.35. The van der Waals surface area contributed by atoms with E-state index in [4.69, 9.17) is 0 Å². The largest absolute Gasteiger partial charge is 0.480 e. The highest BCUT2D eigenvalue weighted by atomic mass is 35.5. The number of rotatable bonds is 7. The van der Waals surface area contributed by atoms with Crippen LogP contribution in [0.4, 0.5) is 0 Å². The number of nitrogens with zero attached hydrogens (tertiary/aromatic N) is 2. The molecule has 1 aliphatic carbocycles. The summed E-state index contributed by atoms with van der Waals surface area (Å²) in [6, 6.07) is -0.288. The first-order chi connectivity index (χ1) is 12.1. The molecular weight excluding hydrogens is 358 g/mol. The van der Waals surface area contributed by atoms with Crippen molar-refractivity contribution in [3.05, 3.63) is 0 Å². The Balaban J connectivity index is 0.00000243. The van der Waals surface area contributed by atoms with Crippen LogP contribution in [0.15, 0.2) is 0 Å². The molecule has 3 fully saturated rings. The van der Waals surface area contributed by atoms with Crippen molar-refractivity contribution in [2.45, 2.75) is 63.5 Å². The minimum atomic E-state index is -0.810. The van der Waals surface area contributed by atoms with E-state index in [2.05, 4.69) is 5.32 Å². The number of likely N-dealkylation sites (tertiary alicyclic amines) is 2. The van der Waals surface area contributed by atoms with E-state index in [9.17, 15) is 19.5 Å². The van der Waals surface area contributed by atoms with Crippen LogP contribution in [-0.4, -0.2) is 71.0 Å². The van der Waals surface area contributed by atoms with Gasteiger partial charge in [0, 0.05) is 32.1 Å². The quantitative estimate of drug-likeness (QED) is 0.642. The number of carboxylic acids is 1. The highest BCUT2D eigenvalue weighted by molar-refractivity contribution is 5.85. The van der Waals surface area contributed by atoms with Crippen molar-refractivity contribution in [1.29, 1.82) is 0 Å². The fraction of sp³-hybridized carbons (Fsp3) is 0.833. The van der Waals surface area contributed by atoms with E-state index < -0.39 is 12.0 Å². The smallest absolute Gasteiger partial charge is 0.320 e. The Morgan fingerprint density at radius 2 is 1.96 bits per heavy atom. The minimum absolute atomic E-state index is 0. The monoisotopic (exact) mass is 387 g/mol. The number of fused-ring (bicyclic) bond motifs is 1. The molecule has 2 amide bonds. The summed E-state index contributed by atoms with van der Waals surface area (Å²) in [5, 5.41) is 12.4. The molecule has 2 saturated heterocycles. The topological polar surface area (TPSA) is 89.9 Å². The molecule has 0 aromatic rings. The molecule has 3 aliphatic rings. The first kappa shape index (κ1) is 21.0. The van der Waals surface area contributed by atoms with Crippen molar-refractivity contribution in [3.63, 3.8) is 0 Å². The maximum atomic E-state index is 12.3. The SMILES string of the molecule is Cl.O=C(CN1C(C(=O)O)CC2CCCCC21)NCCCN1CCCC1=O. The van der Waals surface area contributed by atoms with E-state index in [0.29, 0.717) is 31.8 Å². The average Bonchev–Trinajstić information content (AvgIpc) is 3.16. The van der Waals surface area contributed by atoms with Crippen molar-refractivity contribution in [2.24, 2.45) is 5.92 Å². The Morgan fingerprint density at radius 3 is 2.65 bits per heavy atom. The van der Waals surface area contributed by atoms with Crippen LogP contribution in [0.25, 0.3) is 0 Å². The zero-order valence-electron chi connectivity index (χ0n) is 15.2. The fourth-order valence-corrected chi connectivity index (χ4v) is 4.68. The van der Waals surface area contributed by atoms with Crippen molar-refractivity contribution in [2.75, 3.05) is 26.2 Å². The molecule has 2 N–H and O–H groups in total. The summed E-state index contributed by atoms with van der Waals surface area (Å²) < 4.78 is 0. The summed E-state index contributed by atoms with van der Waals surface area (Å²) >= 11 is 0. The second kappa shape index (κ2) is 9.55. The zero-order valence-corrected chi connectivity index (χ0v) is 16.0. The van der Waals surface area contributed by atoms with Crippen LogP contribution in [0.2, 0.25) is 0 Å². The fourth-order valence-electron chi connectivity index (χ4n) is 4.68. The third-order valence-corrected chi connectivity index (χ3v) is 5.93. The number of carbonyl (C=O) groups excluding carboxylic acids is 2. The van der Waals surface area contributed by atoms with Gasteiger partial charge < -0.3 is 15.3 Å². The molecule has 2 heterocycles. The summed E-state index contributed by atoms with van der Waals surface area (Å²) in [5.74, 6) is -0.292. The Labute approximate surface area is 160 Å². The molecule has 7 nitrogen and oxygen atoms in total. The van der Waals surface area contributed by atoms with Gasteiger partial charge in [-0.05, 0) is 38.0 Å². The van der Waals surface area contributed by atoms with Gasteiger partial charge in [-0.2, -0.15) is 0 Å². The second-order valence-electron chi connectivity index (χ2n) is 7.56. The predicted octanol–water partition coefficient (Wildman–Crippen LogP) is 1.25. The van der Waals surface area contributed by atoms with Crippen LogP contribution in [0.1, 0.15) is 51.4 Å². The number of nitrogens with one attached hydrogen (secondary N) is 1. The molecule has 0 radical (unpaired) electrons. The summed E-state index contributed by atoms with van der Waals surface area (Å²) in [5.41, 5.74) is 0. The molecule has 0 spiro atoms. The number of hydrogen-bond acceptors (Lipinski definition) is 4. The minimum Gasteiger partial charge on any atom is -0.480 e. The van der Waals surface area contributed by atoms with Gasteiger partial charge in [-0.1, -0.05) is 12.8 Å². The number of carbonyl (C=O) groups is 3. The number of halogens is 1. The molecule has 3 unspecified atom stereocenters. The highest BCUT2D eigenvalue weighted by Crippen LogP contribution is 2.39. The van der Waals surface area contributed by atoms with Gasteiger partial charge in [-0.3, -0.25) is 19.3 Å². The molecule has 26 heavy (non-hydrogen) atoms. The predicted molar refractivity (Wildman–Crippen MR) is 99.2 cm³/mol. The number of hydrogen-bond donors (Lipinski definition) is 2. The van der Waals surface area contributed by atoms with Crippen LogP contribution >= 0.6 is 12.4 Å². The van der Waals surface area contributed by atoms with E-state index in [0.717, 1.165) is 38.6 Å². The van der Waals surface area contributed by atoms with E-state index in [1.165, 1.54) is 6.42 Å². The number of amides is 2. The van der Waals surface area contributed by atoms with E-state index >= 15 is 0 Å². The van der Waals surface area contributed by atoms with Gasteiger partial charge in [-0.25, -0.2) is 0 Å². The lowest BCUT2D eigenvalue weighted by atomic mass is 9.85. The molecule has 3 rings (SSSR count). The second-order valence-corrected chi connectivity index (χ2v) is 7.56. The van der Waals surface area contributed by atoms with Crippen LogP contribution in [0, 0.1) is 5.92 Å². The maximum Gasteiger partial charge on any atom is 0.320 e. The third kappa shape index (κ3) is 4.88. The van der Waals surface area contributed by atoms with Crippen molar-refractivity contribution < 1.29 is 19.5 Å². The van der Waals surface area contributed by atoms with Gasteiger partial charge in [0.25, 0.3) is 0 Å². The molecule has 3 atom stereocenters. The van der Waals surface area contributed by atoms with Crippen molar-refractivity contribution >= 4 is 30.2 Å². The van der Waals surface area contributed by atoms with Crippen LogP contribution in [0.3, 0.4) is 0 Å². The van der Waals surface area contributed by atoms with Crippen molar-refractivity contribution in [3.8, 4) is 0 Å². The van der Waals surface area contributed by atoms with E-state index in [1.54, 1.807) is 0 Å². The summed E-state index contributed by atoms with van der Waals surface area (Å²) in [6.45, 7) is 2.21. The Bertz CT molecular complexity index is 531. The van der Waals surface area contributed by atoms with Gasteiger partial charge in [0.2, 0.25) is 11.8 Å². The van der Waals surface area contributed by atoms with Gasteiger partial charge in [0.1, 0.15) is 6.04 Å². The van der Waals surface area contributed by atoms with Gasteiger partial charge >= 0.3 is 5.97 Å². The van der Waals surface area contributed by atoms with Crippen LogP contribution in [-0.2, 0) is 14.4 Å². The lowest BCUT2D eigenvalue weighted by Crippen LogP contribution is -2.47. The van der Waals surface area contributed by atoms with Gasteiger partial charge in [0.05, 0.1) is 6.54 Å². The molecule has 0 aromatic carbocycles. The lowest BCUT2D eigenvalue weighted by Gasteiger charge is -2.32. The zero-order chi connectivity index (χ0) is 17.8. The number of carboxylic acid groups (broad SMARTS) is 1. The molecule has 1 saturated carbocycles. The van der Waals surface area contributed by atoms with Gasteiger partial charge in [0.15, 0.2) is 0 Å².